The molecule has 0 aliphatic heterocycles. The van der Waals surface area contributed by atoms with Gasteiger partial charge in [0.1, 0.15) is 10.0 Å². The van der Waals surface area contributed by atoms with Crippen LogP contribution in [-0.4, -0.2) is 15.0 Å². The zero-order valence-electron chi connectivity index (χ0n) is 15.0. The van der Waals surface area contributed by atoms with Crippen molar-refractivity contribution in [3.05, 3.63) is 40.3 Å². The number of nitrogens with zero attached hydrogens (tertiary/aromatic N) is 3. The predicted octanol–water partition coefficient (Wildman–Crippen LogP) is 5.92. The van der Waals surface area contributed by atoms with Crippen molar-refractivity contribution in [2.45, 2.75) is 52.4 Å². The van der Waals surface area contributed by atoms with E-state index in [2.05, 4.69) is 52.3 Å². The number of aromatic nitrogens is 3. The first-order valence-electron chi connectivity index (χ1n) is 8.04. The Morgan fingerprint density at radius 2 is 1.08 bits per heavy atom. The van der Waals surface area contributed by atoms with Gasteiger partial charge in [-0.2, -0.15) is 0 Å². The molecule has 0 unspecified atom stereocenters. The maximum Gasteiger partial charge on any atom is 0.142 e. The third kappa shape index (κ3) is 3.57. The van der Waals surface area contributed by atoms with E-state index in [1.54, 1.807) is 22.7 Å². The van der Waals surface area contributed by atoms with Gasteiger partial charge in [0, 0.05) is 21.6 Å². The van der Waals surface area contributed by atoms with Crippen molar-refractivity contribution in [2.24, 2.45) is 0 Å². The van der Waals surface area contributed by atoms with E-state index in [1.807, 2.05) is 18.2 Å². The van der Waals surface area contributed by atoms with Crippen LogP contribution in [0, 0.1) is 0 Å². The van der Waals surface area contributed by atoms with Gasteiger partial charge >= 0.3 is 0 Å². The fraction of sp³-hybridized carbons (Fsp3) is 0.421. The van der Waals surface area contributed by atoms with Crippen LogP contribution in [0.4, 0.5) is 0 Å². The third-order valence-corrected chi connectivity index (χ3v) is 5.46. The molecular formula is C19H23N3S2. The fourth-order valence-electron chi connectivity index (χ4n) is 2.14. The van der Waals surface area contributed by atoms with Gasteiger partial charge in [-0.25, -0.2) is 15.0 Å². The van der Waals surface area contributed by atoms with Gasteiger partial charge in [-0.3, -0.25) is 0 Å². The second-order valence-corrected chi connectivity index (χ2v) is 9.70. The molecular weight excluding hydrogens is 334 g/mol. The highest BCUT2D eigenvalue weighted by Crippen LogP contribution is 2.32. The molecule has 3 aromatic rings. The normalized spacial score (nSPS) is 12.6. The van der Waals surface area contributed by atoms with E-state index in [9.17, 15) is 0 Å². The van der Waals surface area contributed by atoms with Crippen molar-refractivity contribution in [1.29, 1.82) is 0 Å². The Balaban J connectivity index is 1.95. The van der Waals surface area contributed by atoms with Crippen LogP contribution in [0.5, 0.6) is 0 Å². The molecule has 0 fully saturated rings. The first-order valence-corrected chi connectivity index (χ1v) is 9.80. The van der Waals surface area contributed by atoms with Crippen LogP contribution in [-0.2, 0) is 10.8 Å². The highest BCUT2D eigenvalue weighted by atomic mass is 32.1. The topological polar surface area (TPSA) is 38.7 Å². The summed E-state index contributed by atoms with van der Waals surface area (Å²) in [7, 11) is 0. The predicted molar refractivity (Wildman–Crippen MR) is 104 cm³/mol. The number of hydrogen-bond acceptors (Lipinski definition) is 5. The molecule has 0 aliphatic carbocycles. The molecule has 0 aromatic carbocycles. The molecule has 0 radical (unpaired) electrons. The molecule has 24 heavy (non-hydrogen) atoms. The lowest BCUT2D eigenvalue weighted by Gasteiger charge is -2.14. The lowest BCUT2D eigenvalue weighted by molar-refractivity contribution is 0.573. The SMILES string of the molecule is CC(C)(C)c1csc(-c2cccc(-c3nc(C(C)(C)C)cs3)n2)n1. The second kappa shape index (κ2) is 6.05. The largest absolute Gasteiger partial charge is 0.243 e. The maximum absolute atomic E-state index is 4.80. The summed E-state index contributed by atoms with van der Waals surface area (Å²) in [6.45, 7) is 13.1. The van der Waals surface area contributed by atoms with E-state index in [-0.39, 0.29) is 10.8 Å². The highest BCUT2D eigenvalue weighted by Gasteiger charge is 2.20. The van der Waals surface area contributed by atoms with Crippen LogP contribution < -0.4 is 0 Å². The number of rotatable bonds is 2. The first kappa shape index (κ1) is 17.2. The summed E-state index contributed by atoms with van der Waals surface area (Å²) in [5.41, 5.74) is 4.17. The first-order chi connectivity index (χ1) is 11.1. The molecule has 3 rings (SSSR count). The summed E-state index contributed by atoms with van der Waals surface area (Å²) in [5, 5.41) is 6.19. The lowest BCUT2D eigenvalue weighted by atomic mass is 9.93. The van der Waals surface area contributed by atoms with E-state index < -0.39 is 0 Å². The Hall–Kier alpha value is -1.59. The van der Waals surface area contributed by atoms with Crippen molar-refractivity contribution < 1.29 is 0 Å². The molecule has 0 N–H and O–H groups in total. The number of thiazole rings is 2. The Labute approximate surface area is 151 Å². The monoisotopic (exact) mass is 357 g/mol. The molecule has 0 aliphatic rings. The Bertz CT molecular complexity index is 780. The molecule has 0 spiro atoms. The molecule has 3 nitrogen and oxygen atoms in total. The van der Waals surface area contributed by atoms with E-state index in [0.29, 0.717) is 0 Å². The van der Waals surface area contributed by atoms with Crippen LogP contribution >= 0.6 is 22.7 Å². The standard InChI is InChI=1S/C19H23N3S2/c1-18(2,3)14-10-23-16(21-14)12-8-7-9-13(20-12)17-22-15(11-24-17)19(4,5)6/h7-11H,1-6H3. The Kier molecular flexibility index (Phi) is 4.34. The summed E-state index contributed by atoms with van der Waals surface area (Å²) in [6, 6.07) is 6.08. The van der Waals surface area contributed by atoms with Gasteiger partial charge < -0.3 is 0 Å². The molecule has 0 saturated carbocycles. The summed E-state index contributed by atoms with van der Waals surface area (Å²) in [6.07, 6.45) is 0. The summed E-state index contributed by atoms with van der Waals surface area (Å²) >= 11 is 3.30. The van der Waals surface area contributed by atoms with Crippen molar-refractivity contribution in [3.63, 3.8) is 0 Å². The quantitative estimate of drug-likeness (QED) is 0.571. The molecule has 126 valence electrons. The minimum Gasteiger partial charge on any atom is -0.243 e. The lowest BCUT2D eigenvalue weighted by Crippen LogP contribution is -2.11. The highest BCUT2D eigenvalue weighted by molar-refractivity contribution is 7.13. The molecule has 3 aromatic heterocycles. The molecule has 0 amide bonds. The van der Waals surface area contributed by atoms with Crippen molar-refractivity contribution in [2.75, 3.05) is 0 Å². The van der Waals surface area contributed by atoms with E-state index in [4.69, 9.17) is 15.0 Å². The number of pyridine rings is 1. The van der Waals surface area contributed by atoms with Gasteiger partial charge in [-0.15, -0.1) is 22.7 Å². The molecule has 0 bridgehead atoms. The van der Waals surface area contributed by atoms with Gasteiger partial charge in [0.05, 0.1) is 22.8 Å². The minimum absolute atomic E-state index is 0.0588. The van der Waals surface area contributed by atoms with E-state index in [1.165, 1.54) is 0 Å². The van der Waals surface area contributed by atoms with Crippen LogP contribution in [0.25, 0.3) is 21.4 Å². The second-order valence-electron chi connectivity index (χ2n) is 7.98. The van der Waals surface area contributed by atoms with E-state index >= 15 is 0 Å². The Morgan fingerprint density at radius 1 is 0.667 bits per heavy atom. The minimum atomic E-state index is 0.0588. The smallest absolute Gasteiger partial charge is 0.142 e. The van der Waals surface area contributed by atoms with Crippen LogP contribution in [0.2, 0.25) is 0 Å². The van der Waals surface area contributed by atoms with Crippen molar-refractivity contribution in [1.82, 2.24) is 15.0 Å². The summed E-state index contributed by atoms with van der Waals surface area (Å²) in [5.74, 6) is 0. The van der Waals surface area contributed by atoms with Crippen LogP contribution in [0.15, 0.2) is 29.0 Å². The van der Waals surface area contributed by atoms with Crippen LogP contribution in [0.1, 0.15) is 52.9 Å². The van der Waals surface area contributed by atoms with Crippen molar-refractivity contribution in [3.8, 4) is 21.4 Å². The average Bonchev–Trinajstić information content (AvgIpc) is 3.16. The van der Waals surface area contributed by atoms with Crippen molar-refractivity contribution >= 4 is 22.7 Å². The molecule has 3 heterocycles. The zero-order chi connectivity index (χ0) is 17.5. The van der Waals surface area contributed by atoms with Gasteiger partial charge in [0.2, 0.25) is 0 Å². The van der Waals surface area contributed by atoms with Gasteiger partial charge in [-0.05, 0) is 12.1 Å². The third-order valence-electron chi connectivity index (χ3n) is 3.73. The maximum atomic E-state index is 4.80. The van der Waals surface area contributed by atoms with E-state index in [0.717, 1.165) is 32.8 Å². The average molecular weight is 358 g/mol. The zero-order valence-corrected chi connectivity index (χ0v) is 16.7. The number of hydrogen-bond donors (Lipinski definition) is 0. The molecule has 5 heteroatoms. The fourth-order valence-corrected chi connectivity index (χ4v) is 4.17. The molecule has 0 atom stereocenters. The van der Waals surface area contributed by atoms with Gasteiger partial charge in [-0.1, -0.05) is 47.6 Å². The van der Waals surface area contributed by atoms with Gasteiger partial charge in [0.25, 0.3) is 0 Å². The summed E-state index contributed by atoms with van der Waals surface area (Å²) in [4.78, 5) is 14.3. The Morgan fingerprint density at radius 3 is 1.42 bits per heavy atom. The van der Waals surface area contributed by atoms with Crippen LogP contribution in [0.3, 0.4) is 0 Å². The molecule has 0 saturated heterocycles. The van der Waals surface area contributed by atoms with Gasteiger partial charge in [0.15, 0.2) is 0 Å². The summed E-state index contributed by atoms with van der Waals surface area (Å²) < 4.78 is 0.